The van der Waals surface area contributed by atoms with Crippen LogP contribution in [-0.4, -0.2) is 9.97 Å². The summed E-state index contributed by atoms with van der Waals surface area (Å²) < 4.78 is 0. The molecule has 3 heteroatoms. The zero-order valence-corrected chi connectivity index (χ0v) is 7.25. The average molecular weight is 163 g/mol. The Bertz CT molecular complexity index is 296. The molecule has 0 saturated heterocycles. The molecule has 1 heterocycles. The molecular weight excluding hydrogens is 150 g/mol. The van der Waals surface area contributed by atoms with E-state index >= 15 is 0 Å². The highest BCUT2D eigenvalue weighted by molar-refractivity contribution is 5.27. The summed E-state index contributed by atoms with van der Waals surface area (Å²) >= 11 is 0. The van der Waals surface area contributed by atoms with Crippen molar-refractivity contribution in [2.45, 2.75) is 26.2 Å². The minimum absolute atomic E-state index is 0.406. The molecule has 1 aromatic heterocycles. The van der Waals surface area contributed by atoms with Gasteiger partial charge in [0.05, 0.1) is 0 Å². The zero-order chi connectivity index (χ0) is 8.55. The summed E-state index contributed by atoms with van der Waals surface area (Å²) in [6.45, 7) is 2.26. The summed E-state index contributed by atoms with van der Waals surface area (Å²) in [5.74, 6) is 1.17. The summed E-state index contributed by atoms with van der Waals surface area (Å²) in [4.78, 5) is 8.21. The van der Waals surface area contributed by atoms with E-state index in [0.29, 0.717) is 5.95 Å². The highest BCUT2D eigenvalue weighted by Gasteiger charge is 2.16. The van der Waals surface area contributed by atoms with Gasteiger partial charge in [0.15, 0.2) is 0 Å². The summed E-state index contributed by atoms with van der Waals surface area (Å²) in [6.07, 6.45) is 5.26. The van der Waals surface area contributed by atoms with Gasteiger partial charge in [0.25, 0.3) is 0 Å². The largest absolute Gasteiger partial charge is 0.368 e. The minimum atomic E-state index is 0.406. The smallest absolute Gasteiger partial charge is 0.220 e. The predicted octanol–water partition coefficient (Wildman–Crippen LogP) is 1.18. The molecule has 3 nitrogen and oxygen atoms in total. The van der Waals surface area contributed by atoms with E-state index < -0.39 is 0 Å². The molecule has 1 unspecified atom stereocenters. The Morgan fingerprint density at radius 1 is 1.58 bits per heavy atom. The first-order chi connectivity index (χ1) is 5.75. The lowest BCUT2D eigenvalue weighted by Gasteiger charge is -2.19. The first-order valence-electron chi connectivity index (χ1n) is 4.36. The fraction of sp³-hybridized carbons (Fsp3) is 0.556. The Hall–Kier alpha value is -1.12. The molecule has 12 heavy (non-hydrogen) atoms. The third-order valence-corrected chi connectivity index (χ3v) is 2.42. The van der Waals surface area contributed by atoms with Crippen molar-refractivity contribution in [2.24, 2.45) is 5.92 Å². The third-order valence-electron chi connectivity index (χ3n) is 2.42. The van der Waals surface area contributed by atoms with Gasteiger partial charge in [-0.25, -0.2) is 9.97 Å². The van der Waals surface area contributed by atoms with E-state index in [1.54, 1.807) is 0 Å². The average Bonchev–Trinajstić information content (AvgIpc) is 2.05. The van der Waals surface area contributed by atoms with Gasteiger partial charge in [0.2, 0.25) is 5.95 Å². The number of nitrogen functional groups attached to an aromatic ring is 1. The van der Waals surface area contributed by atoms with Crippen LogP contribution < -0.4 is 5.73 Å². The number of rotatable bonds is 0. The predicted molar refractivity (Wildman–Crippen MR) is 47.6 cm³/mol. The summed E-state index contributed by atoms with van der Waals surface area (Å²) in [5.41, 5.74) is 7.93. The van der Waals surface area contributed by atoms with Crippen molar-refractivity contribution in [3.05, 3.63) is 17.5 Å². The summed E-state index contributed by atoms with van der Waals surface area (Å²) in [7, 11) is 0. The number of aryl methyl sites for hydroxylation is 1. The van der Waals surface area contributed by atoms with Crippen LogP contribution >= 0.6 is 0 Å². The molecule has 0 fully saturated rings. The Morgan fingerprint density at radius 2 is 2.42 bits per heavy atom. The van der Waals surface area contributed by atoms with Gasteiger partial charge >= 0.3 is 0 Å². The third kappa shape index (κ3) is 1.26. The maximum Gasteiger partial charge on any atom is 0.220 e. The fourth-order valence-corrected chi connectivity index (χ4v) is 1.71. The van der Waals surface area contributed by atoms with Crippen molar-refractivity contribution in [1.82, 2.24) is 9.97 Å². The molecule has 0 bridgehead atoms. The first-order valence-corrected chi connectivity index (χ1v) is 4.36. The van der Waals surface area contributed by atoms with Gasteiger partial charge in [-0.3, -0.25) is 0 Å². The molecule has 0 spiro atoms. The van der Waals surface area contributed by atoms with Crippen LogP contribution in [-0.2, 0) is 12.8 Å². The quantitative estimate of drug-likeness (QED) is 0.625. The van der Waals surface area contributed by atoms with E-state index in [1.165, 1.54) is 12.0 Å². The van der Waals surface area contributed by atoms with Crippen molar-refractivity contribution in [3.63, 3.8) is 0 Å². The molecule has 0 saturated carbocycles. The van der Waals surface area contributed by atoms with Crippen LogP contribution in [0.2, 0.25) is 0 Å². The van der Waals surface area contributed by atoms with Crippen LogP contribution in [0, 0.1) is 5.92 Å². The summed E-state index contributed by atoms with van der Waals surface area (Å²) in [5, 5.41) is 0. The standard InChI is InChI=1S/C9H13N3/c1-6-2-3-8-7(4-6)5-11-9(10)12-8/h5-6H,2-4H2,1H3,(H2,10,11,12). The molecule has 1 aliphatic rings. The second kappa shape index (κ2) is 2.73. The lowest BCUT2D eigenvalue weighted by molar-refractivity contribution is 0.492. The van der Waals surface area contributed by atoms with Gasteiger partial charge in [-0.1, -0.05) is 6.92 Å². The van der Waals surface area contributed by atoms with Crippen LogP contribution in [0.5, 0.6) is 0 Å². The molecular formula is C9H13N3. The minimum Gasteiger partial charge on any atom is -0.368 e. The van der Waals surface area contributed by atoms with Crippen molar-refractivity contribution in [3.8, 4) is 0 Å². The van der Waals surface area contributed by atoms with Gasteiger partial charge in [0, 0.05) is 11.9 Å². The highest BCUT2D eigenvalue weighted by Crippen LogP contribution is 2.23. The molecule has 1 aliphatic carbocycles. The summed E-state index contributed by atoms with van der Waals surface area (Å²) in [6, 6.07) is 0. The van der Waals surface area contributed by atoms with Gasteiger partial charge in [-0.05, 0) is 30.7 Å². The molecule has 1 atom stereocenters. The lowest BCUT2D eigenvalue weighted by atomic mass is 9.89. The lowest BCUT2D eigenvalue weighted by Crippen LogP contribution is -2.14. The Balaban J connectivity index is 2.37. The van der Waals surface area contributed by atoms with Crippen molar-refractivity contribution < 1.29 is 0 Å². The molecule has 0 amide bonds. The molecule has 0 aliphatic heterocycles. The number of aromatic nitrogens is 2. The van der Waals surface area contributed by atoms with E-state index in [0.717, 1.165) is 24.5 Å². The Kier molecular flexibility index (Phi) is 1.71. The topological polar surface area (TPSA) is 51.8 Å². The van der Waals surface area contributed by atoms with Crippen molar-refractivity contribution in [2.75, 3.05) is 5.73 Å². The van der Waals surface area contributed by atoms with E-state index in [2.05, 4.69) is 16.9 Å². The SMILES string of the molecule is CC1CCc2nc(N)ncc2C1. The zero-order valence-electron chi connectivity index (χ0n) is 7.25. The van der Waals surface area contributed by atoms with E-state index in [-0.39, 0.29) is 0 Å². The number of hydrogen-bond donors (Lipinski definition) is 1. The monoisotopic (exact) mass is 163 g/mol. The number of nitrogens with zero attached hydrogens (tertiary/aromatic N) is 2. The molecule has 2 rings (SSSR count). The van der Waals surface area contributed by atoms with Crippen LogP contribution in [0.3, 0.4) is 0 Å². The van der Waals surface area contributed by atoms with Gasteiger partial charge < -0.3 is 5.73 Å². The number of hydrogen-bond acceptors (Lipinski definition) is 3. The number of nitrogens with two attached hydrogens (primary N) is 1. The Labute approximate surface area is 72.0 Å². The van der Waals surface area contributed by atoms with Gasteiger partial charge in [-0.15, -0.1) is 0 Å². The van der Waals surface area contributed by atoms with Crippen molar-refractivity contribution >= 4 is 5.95 Å². The van der Waals surface area contributed by atoms with Gasteiger partial charge in [-0.2, -0.15) is 0 Å². The number of anilines is 1. The van der Waals surface area contributed by atoms with Gasteiger partial charge in [0.1, 0.15) is 0 Å². The van der Waals surface area contributed by atoms with Crippen LogP contribution in [0.15, 0.2) is 6.20 Å². The van der Waals surface area contributed by atoms with E-state index in [4.69, 9.17) is 5.73 Å². The van der Waals surface area contributed by atoms with E-state index in [1.807, 2.05) is 6.20 Å². The first kappa shape index (κ1) is 7.53. The molecule has 1 aromatic rings. The maximum absolute atomic E-state index is 5.49. The number of fused-ring (bicyclic) bond motifs is 1. The molecule has 2 N–H and O–H groups in total. The van der Waals surface area contributed by atoms with Crippen LogP contribution in [0.25, 0.3) is 0 Å². The normalized spacial score (nSPS) is 21.9. The second-order valence-corrected chi connectivity index (χ2v) is 3.55. The van der Waals surface area contributed by atoms with Crippen molar-refractivity contribution in [1.29, 1.82) is 0 Å². The van der Waals surface area contributed by atoms with Crippen LogP contribution in [0.1, 0.15) is 24.6 Å². The molecule has 0 aromatic carbocycles. The maximum atomic E-state index is 5.49. The highest BCUT2D eigenvalue weighted by atomic mass is 15.0. The Morgan fingerprint density at radius 3 is 3.25 bits per heavy atom. The van der Waals surface area contributed by atoms with Crippen LogP contribution in [0.4, 0.5) is 5.95 Å². The fourth-order valence-electron chi connectivity index (χ4n) is 1.71. The van der Waals surface area contributed by atoms with E-state index in [9.17, 15) is 0 Å². The second-order valence-electron chi connectivity index (χ2n) is 3.55. The molecule has 0 radical (unpaired) electrons. The molecule has 64 valence electrons.